The number of carbonyl (C=O) groups is 1. The van der Waals surface area contributed by atoms with Gasteiger partial charge in [0.2, 0.25) is 5.91 Å². The number of carbonyl (C=O) groups excluding carboxylic acids is 1. The molecule has 1 aromatic rings. The zero-order valence-electron chi connectivity index (χ0n) is 10.9. The molecular formula is C14H22N2O2. The van der Waals surface area contributed by atoms with E-state index >= 15 is 0 Å². The smallest absolute Gasteiger partial charge is 0.224 e. The molecule has 0 bridgehead atoms. The van der Waals surface area contributed by atoms with Crippen molar-refractivity contribution in [3.63, 3.8) is 0 Å². The Labute approximate surface area is 108 Å². The minimum atomic E-state index is -0.0742. The SMILES string of the molecule is CCCC(CN)C(=O)NCCc1ccc(O)cc1. The van der Waals surface area contributed by atoms with Gasteiger partial charge < -0.3 is 16.2 Å². The maximum atomic E-state index is 11.8. The van der Waals surface area contributed by atoms with Gasteiger partial charge in [-0.15, -0.1) is 0 Å². The molecule has 0 saturated carbocycles. The lowest BCUT2D eigenvalue weighted by atomic mass is 10.0. The third-order valence-corrected chi connectivity index (χ3v) is 2.94. The fourth-order valence-corrected chi connectivity index (χ4v) is 1.84. The molecule has 1 atom stereocenters. The van der Waals surface area contributed by atoms with Crippen LogP contribution in [0.5, 0.6) is 5.75 Å². The van der Waals surface area contributed by atoms with Crippen molar-refractivity contribution >= 4 is 5.91 Å². The lowest BCUT2D eigenvalue weighted by Gasteiger charge is -2.13. The highest BCUT2D eigenvalue weighted by atomic mass is 16.3. The standard InChI is InChI=1S/C14H22N2O2/c1-2-3-12(10-15)14(18)16-9-8-11-4-6-13(17)7-5-11/h4-7,12,17H,2-3,8-10,15H2,1H3,(H,16,18). The molecule has 4 N–H and O–H groups in total. The van der Waals surface area contributed by atoms with Gasteiger partial charge in [-0.1, -0.05) is 25.5 Å². The van der Waals surface area contributed by atoms with Crippen molar-refractivity contribution in [2.45, 2.75) is 26.2 Å². The van der Waals surface area contributed by atoms with Gasteiger partial charge in [0.05, 0.1) is 5.92 Å². The summed E-state index contributed by atoms with van der Waals surface area (Å²) in [5, 5.41) is 12.1. The quantitative estimate of drug-likeness (QED) is 0.685. The highest BCUT2D eigenvalue weighted by Crippen LogP contribution is 2.10. The van der Waals surface area contributed by atoms with Gasteiger partial charge in [0.15, 0.2) is 0 Å². The lowest BCUT2D eigenvalue weighted by molar-refractivity contribution is -0.124. The van der Waals surface area contributed by atoms with Crippen LogP contribution in [0.25, 0.3) is 0 Å². The summed E-state index contributed by atoms with van der Waals surface area (Å²) >= 11 is 0. The molecular weight excluding hydrogens is 228 g/mol. The summed E-state index contributed by atoms with van der Waals surface area (Å²) in [5.41, 5.74) is 6.66. The molecule has 0 fully saturated rings. The number of hydrogen-bond acceptors (Lipinski definition) is 3. The van der Waals surface area contributed by atoms with Crippen LogP contribution in [0.2, 0.25) is 0 Å². The minimum Gasteiger partial charge on any atom is -0.508 e. The van der Waals surface area contributed by atoms with E-state index in [1.807, 2.05) is 19.1 Å². The van der Waals surface area contributed by atoms with Gasteiger partial charge in [-0.05, 0) is 30.5 Å². The molecule has 18 heavy (non-hydrogen) atoms. The fraction of sp³-hybridized carbons (Fsp3) is 0.500. The third-order valence-electron chi connectivity index (χ3n) is 2.94. The summed E-state index contributed by atoms with van der Waals surface area (Å²) in [7, 11) is 0. The second kappa shape index (κ2) is 7.71. The third kappa shape index (κ3) is 4.75. The van der Waals surface area contributed by atoms with Crippen LogP contribution in [0.3, 0.4) is 0 Å². The van der Waals surface area contributed by atoms with Crippen molar-refractivity contribution in [2.24, 2.45) is 11.7 Å². The Morgan fingerprint density at radius 3 is 2.61 bits per heavy atom. The Kier molecular flexibility index (Phi) is 6.22. The van der Waals surface area contributed by atoms with E-state index in [-0.39, 0.29) is 17.6 Å². The van der Waals surface area contributed by atoms with E-state index in [0.29, 0.717) is 13.1 Å². The number of rotatable bonds is 7. The van der Waals surface area contributed by atoms with Crippen LogP contribution in [0, 0.1) is 5.92 Å². The topological polar surface area (TPSA) is 75.4 Å². The molecule has 0 heterocycles. The fourth-order valence-electron chi connectivity index (χ4n) is 1.84. The van der Waals surface area contributed by atoms with E-state index in [0.717, 1.165) is 24.8 Å². The molecule has 0 aliphatic heterocycles. The number of nitrogens with two attached hydrogens (primary N) is 1. The van der Waals surface area contributed by atoms with Gasteiger partial charge in [-0.25, -0.2) is 0 Å². The molecule has 0 saturated heterocycles. The molecule has 1 rings (SSSR count). The number of benzene rings is 1. The summed E-state index contributed by atoms with van der Waals surface area (Å²) in [4.78, 5) is 11.8. The van der Waals surface area contributed by atoms with Gasteiger partial charge >= 0.3 is 0 Å². The number of amides is 1. The van der Waals surface area contributed by atoms with Crippen molar-refractivity contribution in [3.8, 4) is 5.75 Å². The second-order valence-electron chi connectivity index (χ2n) is 4.43. The van der Waals surface area contributed by atoms with E-state index in [1.165, 1.54) is 0 Å². The summed E-state index contributed by atoms with van der Waals surface area (Å²) in [6, 6.07) is 7.01. The van der Waals surface area contributed by atoms with Crippen molar-refractivity contribution in [1.82, 2.24) is 5.32 Å². The Morgan fingerprint density at radius 2 is 2.06 bits per heavy atom. The number of phenols is 1. The van der Waals surface area contributed by atoms with Crippen LogP contribution in [0.1, 0.15) is 25.3 Å². The summed E-state index contributed by atoms with van der Waals surface area (Å²) in [6.45, 7) is 3.05. The van der Waals surface area contributed by atoms with Crippen LogP contribution in [-0.4, -0.2) is 24.1 Å². The molecule has 4 nitrogen and oxygen atoms in total. The molecule has 0 aromatic heterocycles. The maximum absolute atomic E-state index is 11.8. The zero-order chi connectivity index (χ0) is 13.4. The van der Waals surface area contributed by atoms with E-state index in [9.17, 15) is 4.79 Å². The molecule has 100 valence electrons. The Balaban J connectivity index is 2.32. The van der Waals surface area contributed by atoms with Gasteiger partial charge in [0, 0.05) is 13.1 Å². The van der Waals surface area contributed by atoms with Crippen LogP contribution >= 0.6 is 0 Å². The van der Waals surface area contributed by atoms with Crippen LogP contribution in [0.4, 0.5) is 0 Å². The average Bonchev–Trinajstić information content (AvgIpc) is 2.38. The summed E-state index contributed by atoms with van der Waals surface area (Å²) < 4.78 is 0. The first-order valence-corrected chi connectivity index (χ1v) is 6.43. The van der Waals surface area contributed by atoms with Gasteiger partial charge in [-0.2, -0.15) is 0 Å². The van der Waals surface area contributed by atoms with Crippen molar-refractivity contribution < 1.29 is 9.90 Å². The molecule has 1 aromatic carbocycles. The lowest BCUT2D eigenvalue weighted by Crippen LogP contribution is -2.36. The number of phenolic OH excluding ortho intramolecular Hbond substituents is 1. The Hall–Kier alpha value is -1.55. The van der Waals surface area contributed by atoms with Crippen LogP contribution in [0.15, 0.2) is 24.3 Å². The largest absolute Gasteiger partial charge is 0.508 e. The summed E-state index contributed by atoms with van der Waals surface area (Å²) in [6.07, 6.45) is 2.56. The highest BCUT2D eigenvalue weighted by molar-refractivity contribution is 5.78. The first kappa shape index (κ1) is 14.5. The second-order valence-corrected chi connectivity index (χ2v) is 4.43. The maximum Gasteiger partial charge on any atom is 0.224 e. The van der Waals surface area contributed by atoms with Crippen LogP contribution < -0.4 is 11.1 Å². The first-order valence-electron chi connectivity index (χ1n) is 6.43. The molecule has 0 spiro atoms. The Morgan fingerprint density at radius 1 is 1.39 bits per heavy atom. The van der Waals surface area contributed by atoms with E-state index < -0.39 is 0 Å². The van der Waals surface area contributed by atoms with Crippen molar-refractivity contribution in [2.75, 3.05) is 13.1 Å². The number of hydrogen-bond donors (Lipinski definition) is 3. The number of aromatic hydroxyl groups is 1. The molecule has 0 radical (unpaired) electrons. The predicted molar refractivity (Wildman–Crippen MR) is 72.3 cm³/mol. The predicted octanol–water partition coefficient (Wildman–Crippen LogP) is 1.43. The Bertz CT molecular complexity index is 363. The average molecular weight is 250 g/mol. The molecule has 0 aliphatic carbocycles. The molecule has 1 amide bonds. The number of nitrogens with one attached hydrogen (secondary N) is 1. The van der Waals surface area contributed by atoms with Crippen molar-refractivity contribution in [3.05, 3.63) is 29.8 Å². The van der Waals surface area contributed by atoms with Gasteiger partial charge in [0.25, 0.3) is 0 Å². The van der Waals surface area contributed by atoms with E-state index in [2.05, 4.69) is 5.32 Å². The van der Waals surface area contributed by atoms with E-state index in [4.69, 9.17) is 10.8 Å². The zero-order valence-corrected chi connectivity index (χ0v) is 10.9. The highest BCUT2D eigenvalue weighted by Gasteiger charge is 2.14. The van der Waals surface area contributed by atoms with Crippen LogP contribution in [-0.2, 0) is 11.2 Å². The first-order chi connectivity index (χ1) is 8.67. The molecule has 0 aliphatic rings. The van der Waals surface area contributed by atoms with E-state index in [1.54, 1.807) is 12.1 Å². The molecule has 1 unspecified atom stereocenters. The monoisotopic (exact) mass is 250 g/mol. The summed E-state index contributed by atoms with van der Waals surface area (Å²) in [5.74, 6) is 0.224. The normalized spacial score (nSPS) is 12.1. The van der Waals surface area contributed by atoms with Gasteiger partial charge in [0.1, 0.15) is 5.75 Å². The molecule has 4 heteroatoms. The van der Waals surface area contributed by atoms with Crippen molar-refractivity contribution in [1.29, 1.82) is 0 Å². The minimum absolute atomic E-state index is 0.0399. The van der Waals surface area contributed by atoms with Gasteiger partial charge in [-0.3, -0.25) is 4.79 Å².